The lowest BCUT2D eigenvalue weighted by atomic mass is 10.1. The van der Waals surface area contributed by atoms with E-state index in [1.165, 1.54) is 6.07 Å². The maximum absolute atomic E-state index is 12.0. The number of carbonyl (C=O) groups excluding carboxylic acids is 1. The molecule has 2 N–H and O–H groups in total. The van der Waals surface area contributed by atoms with Crippen molar-refractivity contribution in [1.29, 1.82) is 0 Å². The molecular formula is C14H19NO5. The average molecular weight is 281 g/mol. The smallest absolute Gasteiger partial charge is 0.341 e. The summed E-state index contributed by atoms with van der Waals surface area (Å²) >= 11 is 0. The van der Waals surface area contributed by atoms with Gasteiger partial charge in [-0.2, -0.15) is 0 Å². The van der Waals surface area contributed by atoms with Gasteiger partial charge in [-0.3, -0.25) is 4.79 Å². The Morgan fingerprint density at radius 3 is 2.80 bits per heavy atom. The van der Waals surface area contributed by atoms with Crippen molar-refractivity contribution in [2.24, 2.45) is 0 Å². The second-order valence-corrected chi connectivity index (χ2v) is 4.37. The van der Waals surface area contributed by atoms with Crippen molar-refractivity contribution in [3.63, 3.8) is 0 Å². The predicted molar refractivity (Wildman–Crippen MR) is 73.0 cm³/mol. The van der Waals surface area contributed by atoms with Gasteiger partial charge in [0.15, 0.2) is 6.61 Å². The van der Waals surface area contributed by atoms with Crippen molar-refractivity contribution in [2.75, 3.05) is 20.3 Å². The van der Waals surface area contributed by atoms with Gasteiger partial charge in [-0.05, 0) is 31.5 Å². The van der Waals surface area contributed by atoms with Crippen LogP contribution in [0.5, 0.6) is 5.75 Å². The fourth-order valence-electron chi connectivity index (χ4n) is 1.55. The van der Waals surface area contributed by atoms with Gasteiger partial charge in [0.25, 0.3) is 5.91 Å². The number of amides is 1. The molecule has 1 amide bonds. The van der Waals surface area contributed by atoms with E-state index >= 15 is 0 Å². The van der Waals surface area contributed by atoms with Crippen molar-refractivity contribution < 1.29 is 24.2 Å². The number of methoxy groups -OCH3 is 1. The largest absolute Gasteiger partial charge is 0.482 e. The quantitative estimate of drug-likeness (QED) is 0.750. The Balaban J connectivity index is 2.59. The first-order valence-electron chi connectivity index (χ1n) is 6.27. The second-order valence-electron chi connectivity index (χ2n) is 4.37. The Hall–Kier alpha value is -2.08. The van der Waals surface area contributed by atoms with Gasteiger partial charge >= 0.3 is 5.97 Å². The molecule has 0 aliphatic heterocycles. The van der Waals surface area contributed by atoms with E-state index in [9.17, 15) is 9.59 Å². The molecule has 0 heterocycles. The number of hydrogen-bond donors (Lipinski definition) is 2. The van der Waals surface area contributed by atoms with Crippen LogP contribution in [0, 0.1) is 0 Å². The molecule has 0 aliphatic rings. The zero-order valence-corrected chi connectivity index (χ0v) is 11.6. The predicted octanol–water partition coefficient (Wildman–Crippen LogP) is 1.30. The minimum Gasteiger partial charge on any atom is -0.482 e. The van der Waals surface area contributed by atoms with Crippen LogP contribution in [0.1, 0.15) is 23.7 Å². The molecule has 0 saturated heterocycles. The molecular weight excluding hydrogens is 262 g/mol. The summed E-state index contributed by atoms with van der Waals surface area (Å²) < 4.78 is 9.97. The summed E-state index contributed by atoms with van der Waals surface area (Å²) in [6, 6.07) is 6.40. The monoisotopic (exact) mass is 281 g/mol. The third-order valence-electron chi connectivity index (χ3n) is 2.59. The maximum Gasteiger partial charge on any atom is 0.341 e. The van der Waals surface area contributed by atoms with Crippen LogP contribution < -0.4 is 10.1 Å². The van der Waals surface area contributed by atoms with Crippen LogP contribution in [0.25, 0.3) is 0 Å². The number of ether oxygens (including phenoxy) is 2. The Morgan fingerprint density at radius 1 is 1.40 bits per heavy atom. The zero-order chi connectivity index (χ0) is 15.0. The lowest BCUT2D eigenvalue weighted by Gasteiger charge is -2.13. The van der Waals surface area contributed by atoms with Gasteiger partial charge in [0, 0.05) is 25.3 Å². The molecule has 1 atom stereocenters. The van der Waals surface area contributed by atoms with E-state index in [1.807, 2.05) is 6.92 Å². The lowest BCUT2D eigenvalue weighted by Crippen LogP contribution is -2.33. The zero-order valence-electron chi connectivity index (χ0n) is 11.6. The average Bonchev–Trinajstić information content (AvgIpc) is 2.43. The van der Waals surface area contributed by atoms with Crippen LogP contribution in [0.3, 0.4) is 0 Å². The van der Waals surface area contributed by atoms with E-state index in [0.717, 1.165) is 6.42 Å². The molecule has 0 bridgehead atoms. The highest BCUT2D eigenvalue weighted by molar-refractivity contribution is 5.94. The first-order chi connectivity index (χ1) is 9.52. The van der Waals surface area contributed by atoms with Gasteiger partial charge in [-0.1, -0.05) is 6.07 Å². The maximum atomic E-state index is 12.0. The van der Waals surface area contributed by atoms with Crippen molar-refractivity contribution in [3.05, 3.63) is 29.8 Å². The van der Waals surface area contributed by atoms with E-state index in [0.29, 0.717) is 17.9 Å². The fourth-order valence-corrected chi connectivity index (χ4v) is 1.55. The first kappa shape index (κ1) is 16.0. The highest BCUT2D eigenvalue weighted by atomic mass is 16.5. The molecule has 0 aromatic heterocycles. The molecule has 1 aromatic carbocycles. The number of aliphatic carboxylic acids is 1. The van der Waals surface area contributed by atoms with E-state index in [2.05, 4.69) is 5.32 Å². The molecule has 0 radical (unpaired) electrons. The Kier molecular flexibility index (Phi) is 6.52. The number of carbonyl (C=O) groups is 2. The SMILES string of the molecule is COCCC(C)NC(=O)c1cccc(OCC(=O)O)c1. The van der Waals surface area contributed by atoms with E-state index in [1.54, 1.807) is 25.3 Å². The van der Waals surface area contributed by atoms with Gasteiger partial charge in [-0.15, -0.1) is 0 Å². The van der Waals surface area contributed by atoms with Crippen molar-refractivity contribution >= 4 is 11.9 Å². The molecule has 1 aromatic rings. The van der Waals surface area contributed by atoms with Crippen LogP contribution in [0.15, 0.2) is 24.3 Å². The van der Waals surface area contributed by atoms with Crippen LogP contribution in [0.4, 0.5) is 0 Å². The lowest BCUT2D eigenvalue weighted by molar-refractivity contribution is -0.139. The summed E-state index contributed by atoms with van der Waals surface area (Å²) in [5, 5.41) is 11.4. The normalized spacial score (nSPS) is 11.7. The van der Waals surface area contributed by atoms with Gasteiger partial charge < -0.3 is 19.9 Å². The Labute approximate surface area is 117 Å². The molecule has 1 unspecified atom stereocenters. The van der Waals surface area contributed by atoms with Gasteiger partial charge in [-0.25, -0.2) is 4.79 Å². The number of carboxylic acid groups (broad SMARTS) is 1. The topological polar surface area (TPSA) is 84.9 Å². The number of carboxylic acids is 1. The minimum atomic E-state index is -1.06. The van der Waals surface area contributed by atoms with Gasteiger partial charge in [0.1, 0.15) is 5.75 Å². The third-order valence-corrected chi connectivity index (χ3v) is 2.59. The summed E-state index contributed by atoms with van der Waals surface area (Å²) in [5.74, 6) is -0.938. The standard InChI is InChI=1S/C14H19NO5/c1-10(6-7-19-2)15-14(18)11-4-3-5-12(8-11)20-9-13(16)17/h3-5,8,10H,6-7,9H2,1-2H3,(H,15,18)(H,16,17). The summed E-state index contributed by atoms with van der Waals surface area (Å²) in [6.07, 6.45) is 0.720. The van der Waals surface area contributed by atoms with Crippen molar-refractivity contribution in [2.45, 2.75) is 19.4 Å². The fraction of sp³-hybridized carbons (Fsp3) is 0.429. The van der Waals surface area contributed by atoms with Crippen LogP contribution in [-0.2, 0) is 9.53 Å². The number of rotatable bonds is 8. The van der Waals surface area contributed by atoms with Gasteiger partial charge in [0.05, 0.1) is 0 Å². The highest BCUT2D eigenvalue weighted by Crippen LogP contribution is 2.13. The summed E-state index contributed by atoms with van der Waals surface area (Å²) in [7, 11) is 1.61. The summed E-state index contributed by atoms with van der Waals surface area (Å²) in [4.78, 5) is 22.4. The van der Waals surface area contributed by atoms with Crippen molar-refractivity contribution in [1.82, 2.24) is 5.32 Å². The molecule has 110 valence electrons. The Morgan fingerprint density at radius 2 is 2.15 bits per heavy atom. The molecule has 0 spiro atoms. The van der Waals surface area contributed by atoms with Crippen LogP contribution >= 0.6 is 0 Å². The summed E-state index contributed by atoms with van der Waals surface area (Å²) in [6.45, 7) is 2.03. The summed E-state index contributed by atoms with van der Waals surface area (Å²) in [5.41, 5.74) is 0.428. The van der Waals surface area contributed by atoms with Gasteiger partial charge in [0.2, 0.25) is 0 Å². The van der Waals surface area contributed by atoms with E-state index in [-0.39, 0.29) is 11.9 Å². The van der Waals surface area contributed by atoms with E-state index < -0.39 is 12.6 Å². The molecule has 0 aliphatic carbocycles. The highest BCUT2D eigenvalue weighted by Gasteiger charge is 2.10. The number of benzene rings is 1. The van der Waals surface area contributed by atoms with Crippen LogP contribution in [0.2, 0.25) is 0 Å². The molecule has 0 saturated carbocycles. The molecule has 1 rings (SSSR count). The third kappa shape index (κ3) is 5.71. The number of nitrogens with one attached hydrogen (secondary N) is 1. The Bertz CT molecular complexity index is 461. The molecule has 6 heteroatoms. The first-order valence-corrected chi connectivity index (χ1v) is 6.27. The second kappa shape index (κ2) is 8.16. The minimum absolute atomic E-state index is 0.00829. The van der Waals surface area contributed by atoms with E-state index in [4.69, 9.17) is 14.6 Å². The number of hydrogen-bond acceptors (Lipinski definition) is 4. The molecule has 20 heavy (non-hydrogen) atoms. The van der Waals surface area contributed by atoms with Crippen molar-refractivity contribution in [3.8, 4) is 5.75 Å². The molecule has 6 nitrogen and oxygen atoms in total. The van der Waals surface area contributed by atoms with Crippen LogP contribution in [-0.4, -0.2) is 43.3 Å². The molecule has 0 fully saturated rings.